The quantitative estimate of drug-likeness (QED) is 0.774. The Morgan fingerprint density at radius 1 is 1.04 bits per heavy atom. The second kappa shape index (κ2) is 9.60. The van der Waals surface area contributed by atoms with E-state index in [1.165, 1.54) is 0 Å². The number of nitrogens with two attached hydrogens (primary N) is 1. The van der Waals surface area contributed by atoms with Crippen LogP contribution in [0.25, 0.3) is 0 Å². The van der Waals surface area contributed by atoms with E-state index in [4.69, 9.17) is 10.5 Å². The van der Waals surface area contributed by atoms with Crippen LogP contribution in [0.15, 0.2) is 54.6 Å². The predicted molar refractivity (Wildman–Crippen MR) is 106 cm³/mol. The molecule has 1 aliphatic carbocycles. The Kier molecular flexibility index (Phi) is 7.49. The molecule has 26 heavy (non-hydrogen) atoms. The van der Waals surface area contributed by atoms with Gasteiger partial charge in [0.25, 0.3) is 0 Å². The van der Waals surface area contributed by atoms with Gasteiger partial charge >= 0.3 is 0 Å². The van der Waals surface area contributed by atoms with Crippen molar-refractivity contribution in [2.45, 2.75) is 38.8 Å². The van der Waals surface area contributed by atoms with Crippen LogP contribution in [0.5, 0.6) is 5.75 Å². The van der Waals surface area contributed by atoms with Crippen molar-refractivity contribution in [1.82, 2.24) is 5.32 Å². The molecule has 1 fully saturated rings. The molecule has 3 rings (SSSR count). The molecule has 1 amide bonds. The monoisotopic (exact) mass is 374 g/mol. The Labute approximate surface area is 161 Å². The van der Waals surface area contributed by atoms with Crippen molar-refractivity contribution in [3.63, 3.8) is 0 Å². The fraction of sp³-hybridized carbons (Fsp3) is 0.381. The summed E-state index contributed by atoms with van der Waals surface area (Å²) in [4.78, 5) is 12.6. The number of rotatable bonds is 7. The van der Waals surface area contributed by atoms with E-state index in [1.807, 2.05) is 54.6 Å². The van der Waals surface area contributed by atoms with Gasteiger partial charge in [-0.1, -0.05) is 61.4 Å². The molecule has 0 spiro atoms. The summed E-state index contributed by atoms with van der Waals surface area (Å²) in [7, 11) is 0. The second-order valence-electron chi connectivity index (χ2n) is 6.76. The van der Waals surface area contributed by atoms with Crippen molar-refractivity contribution in [3.05, 3.63) is 65.7 Å². The van der Waals surface area contributed by atoms with Crippen molar-refractivity contribution in [2.75, 3.05) is 6.54 Å². The number of carbonyl (C=O) groups excluding carboxylic acids is 1. The number of carbonyl (C=O) groups is 1. The van der Waals surface area contributed by atoms with E-state index < -0.39 is 0 Å². The highest BCUT2D eigenvalue weighted by Gasteiger charge is 2.39. The Bertz CT molecular complexity index is 700. The maximum atomic E-state index is 12.6. The van der Waals surface area contributed by atoms with E-state index in [1.54, 1.807) is 0 Å². The van der Waals surface area contributed by atoms with Crippen LogP contribution in [0.4, 0.5) is 0 Å². The number of benzene rings is 2. The summed E-state index contributed by atoms with van der Waals surface area (Å²) >= 11 is 0. The van der Waals surface area contributed by atoms with Crippen LogP contribution in [-0.2, 0) is 17.9 Å². The fourth-order valence-corrected chi connectivity index (χ4v) is 3.46. The number of hydrogen-bond acceptors (Lipinski definition) is 3. The standard InChI is InChI=1S/C21H26N2O2.ClH/c22-16-21(12-6-7-13-21)20(24)23-14-18-10-4-5-11-19(18)25-15-17-8-2-1-3-9-17;/h1-5,8-11H,6-7,12-16,22H2,(H,23,24);1H. The molecule has 2 aromatic carbocycles. The molecule has 1 aliphatic rings. The Balaban J connectivity index is 0.00000243. The van der Waals surface area contributed by atoms with Crippen LogP contribution >= 0.6 is 12.4 Å². The second-order valence-corrected chi connectivity index (χ2v) is 6.76. The summed E-state index contributed by atoms with van der Waals surface area (Å²) in [6.45, 7) is 1.40. The largest absolute Gasteiger partial charge is 0.489 e. The molecule has 0 heterocycles. The Hall–Kier alpha value is -2.04. The molecule has 1 saturated carbocycles. The first kappa shape index (κ1) is 20.3. The van der Waals surface area contributed by atoms with Crippen molar-refractivity contribution in [2.24, 2.45) is 11.1 Å². The van der Waals surface area contributed by atoms with Gasteiger partial charge in [0, 0.05) is 18.7 Å². The zero-order valence-corrected chi connectivity index (χ0v) is 15.8. The zero-order chi connectivity index (χ0) is 17.5. The number of nitrogens with one attached hydrogen (secondary N) is 1. The van der Waals surface area contributed by atoms with Crippen molar-refractivity contribution in [3.8, 4) is 5.75 Å². The average molecular weight is 375 g/mol. The Morgan fingerprint density at radius 3 is 2.38 bits per heavy atom. The molecular weight excluding hydrogens is 348 g/mol. The van der Waals surface area contributed by atoms with E-state index in [0.29, 0.717) is 19.7 Å². The van der Waals surface area contributed by atoms with Gasteiger partial charge in [-0.3, -0.25) is 4.79 Å². The normalized spacial score (nSPS) is 15.1. The Morgan fingerprint density at radius 2 is 1.69 bits per heavy atom. The lowest BCUT2D eigenvalue weighted by molar-refractivity contribution is -0.130. The van der Waals surface area contributed by atoms with Gasteiger partial charge in [0.2, 0.25) is 5.91 Å². The topological polar surface area (TPSA) is 64.4 Å². The molecule has 0 bridgehead atoms. The lowest BCUT2D eigenvalue weighted by Gasteiger charge is -2.26. The minimum absolute atomic E-state index is 0. The third-order valence-electron chi connectivity index (χ3n) is 5.08. The number of ether oxygens (including phenoxy) is 1. The van der Waals surface area contributed by atoms with Gasteiger partial charge < -0.3 is 15.8 Å². The van der Waals surface area contributed by atoms with E-state index >= 15 is 0 Å². The van der Waals surface area contributed by atoms with Gasteiger partial charge in [0.1, 0.15) is 12.4 Å². The van der Waals surface area contributed by atoms with Gasteiger partial charge in [0.15, 0.2) is 0 Å². The predicted octanol–water partition coefficient (Wildman–Crippen LogP) is 3.82. The molecule has 0 aromatic heterocycles. The molecule has 4 nitrogen and oxygen atoms in total. The number of halogens is 1. The van der Waals surface area contributed by atoms with Crippen LogP contribution in [0.3, 0.4) is 0 Å². The summed E-state index contributed by atoms with van der Waals surface area (Å²) in [5.74, 6) is 0.880. The van der Waals surface area contributed by atoms with E-state index in [-0.39, 0.29) is 23.7 Å². The summed E-state index contributed by atoms with van der Waals surface area (Å²) in [5, 5.41) is 3.07. The fourth-order valence-electron chi connectivity index (χ4n) is 3.46. The minimum Gasteiger partial charge on any atom is -0.489 e. The summed E-state index contributed by atoms with van der Waals surface area (Å²) in [6, 6.07) is 17.9. The highest BCUT2D eigenvalue weighted by molar-refractivity contribution is 5.85. The van der Waals surface area contributed by atoms with Crippen molar-refractivity contribution < 1.29 is 9.53 Å². The molecular formula is C21H27ClN2O2. The highest BCUT2D eigenvalue weighted by atomic mass is 35.5. The molecule has 0 aliphatic heterocycles. The molecule has 0 atom stereocenters. The average Bonchev–Trinajstić information content (AvgIpc) is 3.16. The van der Waals surface area contributed by atoms with Crippen LogP contribution in [-0.4, -0.2) is 12.5 Å². The molecule has 3 N–H and O–H groups in total. The summed E-state index contributed by atoms with van der Waals surface area (Å²) < 4.78 is 5.96. The summed E-state index contributed by atoms with van der Waals surface area (Å²) in [6.07, 6.45) is 3.95. The SMILES string of the molecule is Cl.NCC1(C(=O)NCc2ccccc2OCc2ccccc2)CCCC1. The van der Waals surface area contributed by atoms with E-state index in [9.17, 15) is 4.79 Å². The molecule has 5 heteroatoms. The van der Waals surface area contributed by atoms with E-state index in [2.05, 4.69) is 5.32 Å². The maximum absolute atomic E-state index is 12.6. The molecule has 140 valence electrons. The van der Waals surface area contributed by atoms with Crippen LogP contribution in [0, 0.1) is 5.41 Å². The van der Waals surface area contributed by atoms with Crippen LogP contribution in [0.2, 0.25) is 0 Å². The first-order valence-corrected chi connectivity index (χ1v) is 8.96. The lowest BCUT2D eigenvalue weighted by Crippen LogP contribution is -2.43. The van der Waals surface area contributed by atoms with Crippen molar-refractivity contribution in [1.29, 1.82) is 0 Å². The molecule has 0 unspecified atom stereocenters. The van der Waals surface area contributed by atoms with Gasteiger partial charge in [-0.05, 0) is 24.5 Å². The third kappa shape index (κ3) is 4.77. The van der Waals surface area contributed by atoms with Gasteiger partial charge in [-0.25, -0.2) is 0 Å². The summed E-state index contributed by atoms with van der Waals surface area (Å²) in [5.41, 5.74) is 7.62. The first-order valence-electron chi connectivity index (χ1n) is 8.96. The molecule has 0 radical (unpaired) electrons. The van der Waals surface area contributed by atoms with Crippen LogP contribution in [0.1, 0.15) is 36.8 Å². The minimum atomic E-state index is -0.375. The first-order chi connectivity index (χ1) is 12.2. The lowest BCUT2D eigenvalue weighted by atomic mass is 9.85. The van der Waals surface area contributed by atoms with Gasteiger partial charge in [0.05, 0.1) is 5.41 Å². The van der Waals surface area contributed by atoms with Crippen LogP contribution < -0.4 is 15.8 Å². The highest BCUT2D eigenvalue weighted by Crippen LogP contribution is 2.37. The van der Waals surface area contributed by atoms with Gasteiger partial charge in [-0.2, -0.15) is 0 Å². The van der Waals surface area contributed by atoms with E-state index in [0.717, 1.165) is 42.6 Å². The molecule has 0 saturated heterocycles. The van der Waals surface area contributed by atoms with Gasteiger partial charge in [-0.15, -0.1) is 12.4 Å². The number of hydrogen-bond donors (Lipinski definition) is 2. The maximum Gasteiger partial charge on any atom is 0.227 e. The number of para-hydroxylation sites is 1. The zero-order valence-electron chi connectivity index (χ0n) is 14.9. The number of amides is 1. The molecule has 2 aromatic rings. The smallest absolute Gasteiger partial charge is 0.227 e. The van der Waals surface area contributed by atoms with Crippen molar-refractivity contribution >= 4 is 18.3 Å². The third-order valence-corrected chi connectivity index (χ3v) is 5.08.